The van der Waals surface area contributed by atoms with Gasteiger partial charge in [0.2, 0.25) is 0 Å². The molecule has 0 aliphatic rings. The molecule has 2 aromatic rings. The first-order valence-corrected chi connectivity index (χ1v) is 6.77. The van der Waals surface area contributed by atoms with Gasteiger partial charge in [0.05, 0.1) is 5.02 Å². The molecule has 0 unspecified atom stereocenters. The number of halogens is 2. The van der Waals surface area contributed by atoms with Crippen LogP contribution < -0.4 is 10.6 Å². The van der Waals surface area contributed by atoms with Gasteiger partial charge in [0.25, 0.3) is 0 Å². The van der Waals surface area contributed by atoms with Crippen LogP contribution in [-0.4, -0.2) is 16.5 Å². The van der Waals surface area contributed by atoms with Crippen molar-refractivity contribution in [1.29, 1.82) is 0 Å². The van der Waals surface area contributed by atoms with Crippen molar-refractivity contribution in [3.63, 3.8) is 0 Å². The van der Waals surface area contributed by atoms with Crippen LogP contribution in [0.3, 0.4) is 0 Å². The first kappa shape index (κ1) is 14.5. The van der Waals surface area contributed by atoms with E-state index in [1.54, 1.807) is 6.07 Å². The monoisotopic (exact) mass is 294 g/mol. The molecular formula is C14H16ClFN4. The molecule has 1 heterocycles. The Bertz CT molecular complexity index is 604. The van der Waals surface area contributed by atoms with Gasteiger partial charge in [-0.1, -0.05) is 18.5 Å². The first-order valence-electron chi connectivity index (χ1n) is 6.39. The normalized spacial score (nSPS) is 10.4. The van der Waals surface area contributed by atoms with Gasteiger partial charge in [-0.2, -0.15) is 0 Å². The molecule has 0 saturated heterocycles. The third-order valence-corrected chi connectivity index (χ3v) is 3.10. The van der Waals surface area contributed by atoms with Gasteiger partial charge in [0, 0.05) is 17.8 Å². The van der Waals surface area contributed by atoms with Gasteiger partial charge < -0.3 is 10.6 Å². The molecule has 0 spiro atoms. The molecule has 1 aromatic carbocycles. The molecule has 0 saturated carbocycles. The average Bonchev–Trinajstić information content (AvgIpc) is 2.44. The summed E-state index contributed by atoms with van der Waals surface area (Å²) in [6.07, 6.45) is 2.50. The minimum absolute atomic E-state index is 0.0750. The molecular weight excluding hydrogens is 279 g/mol. The van der Waals surface area contributed by atoms with Crippen molar-refractivity contribution in [3.05, 3.63) is 40.9 Å². The highest BCUT2D eigenvalue weighted by Crippen LogP contribution is 2.25. The van der Waals surface area contributed by atoms with E-state index in [-0.39, 0.29) is 5.02 Å². The molecule has 0 amide bonds. The standard InChI is InChI=1S/C14H16ClFN4/c1-3-6-17-13-9(2)14(19-8-18-13)20-10-4-5-12(16)11(15)7-10/h4-5,7-8H,3,6H2,1-2H3,(H2,17,18,19,20). The number of nitrogens with zero attached hydrogens (tertiary/aromatic N) is 2. The topological polar surface area (TPSA) is 49.8 Å². The van der Waals surface area contributed by atoms with Crippen molar-refractivity contribution >= 4 is 28.9 Å². The van der Waals surface area contributed by atoms with Crippen LogP contribution in [-0.2, 0) is 0 Å². The molecule has 0 aliphatic carbocycles. The Labute approximate surface area is 122 Å². The molecule has 0 aliphatic heterocycles. The van der Waals surface area contributed by atoms with Crippen molar-refractivity contribution in [2.24, 2.45) is 0 Å². The lowest BCUT2D eigenvalue weighted by molar-refractivity contribution is 0.628. The van der Waals surface area contributed by atoms with E-state index >= 15 is 0 Å². The van der Waals surface area contributed by atoms with Gasteiger partial charge in [0.15, 0.2) is 0 Å². The molecule has 20 heavy (non-hydrogen) atoms. The number of nitrogens with one attached hydrogen (secondary N) is 2. The third kappa shape index (κ3) is 3.36. The van der Waals surface area contributed by atoms with E-state index < -0.39 is 5.82 Å². The molecule has 0 radical (unpaired) electrons. The second-order valence-corrected chi connectivity index (χ2v) is 4.78. The molecule has 0 atom stereocenters. The molecule has 106 valence electrons. The highest BCUT2D eigenvalue weighted by atomic mass is 35.5. The fourth-order valence-electron chi connectivity index (χ4n) is 1.71. The molecule has 0 bridgehead atoms. The molecule has 0 fully saturated rings. The maximum atomic E-state index is 13.1. The van der Waals surface area contributed by atoms with Crippen LogP contribution in [0, 0.1) is 12.7 Å². The van der Waals surface area contributed by atoms with E-state index in [4.69, 9.17) is 11.6 Å². The maximum absolute atomic E-state index is 13.1. The first-order chi connectivity index (χ1) is 9.61. The minimum Gasteiger partial charge on any atom is -0.370 e. The summed E-state index contributed by atoms with van der Waals surface area (Å²) in [5.41, 5.74) is 1.58. The molecule has 2 rings (SSSR count). The maximum Gasteiger partial charge on any atom is 0.141 e. The summed E-state index contributed by atoms with van der Waals surface area (Å²) in [7, 11) is 0. The summed E-state index contributed by atoms with van der Waals surface area (Å²) in [6.45, 7) is 4.86. The number of aromatic nitrogens is 2. The summed E-state index contributed by atoms with van der Waals surface area (Å²) in [5, 5.41) is 6.42. The van der Waals surface area contributed by atoms with Crippen LogP contribution in [0.2, 0.25) is 5.02 Å². The van der Waals surface area contributed by atoms with Crippen LogP contribution in [0.25, 0.3) is 0 Å². The van der Waals surface area contributed by atoms with Crippen molar-refractivity contribution in [1.82, 2.24) is 9.97 Å². The fraction of sp³-hybridized carbons (Fsp3) is 0.286. The number of anilines is 3. The average molecular weight is 295 g/mol. The van der Waals surface area contributed by atoms with Gasteiger partial charge in [-0.05, 0) is 31.5 Å². The number of rotatable bonds is 5. The highest BCUT2D eigenvalue weighted by molar-refractivity contribution is 6.31. The van der Waals surface area contributed by atoms with E-state index in [2.05, 4.69) is 27.5 Å². The Hall–Kier alpha value is -1.88. The molecule has 4 nitrogen and oxygen atoms in total. The van der Waals surface area contributed by atoms with Gasteiger partial charge >= 0.3 is 0 Å². The fourth-order valence-corrected chi connectivity index (χ4v) is 1.89. The number of hydrogen-bond donors (Lipinski definition) is 2. The summed E-state index contributed by atoms with van der Waals surface area (Å²) in [6, 6.07) is 4.46. The smallest absolute Gasteiger partial charge is 0.141 e. The Kier molecular flexibility index (Phi) is 4.74. The Morgan fingerprint density at radius 2 is 2.00 bits per heavy atom. The Balaban J connectivity index is 2.22. The molecule has 2 N–H and O–H groups in total. The molecule has 1 aromatic heterocycles. The predicted octanol–water partition coefficient (Wildman–Crippen LogP) is 4.14. The van der Waals surface area contributed by atoms with Gasteiger partial charge in [-0.25, -0.2) is 14.4 Å². The quantitative estimate of drug-likeness (QED) is 0.870. The zero-order chi connectivity index (χ0) is 14.5. The van der Waals surface area contributed by atoms with E-state index in [1.807, 2.05) is 6.92 Å². The van der Waals surface area contributed by atoms with E-state index in [0.717, 1.165) is 24.3 Å². The van der Waals surface area contributed by atoms with E-state index in [0.29, 0.717) is 11.5 Å². The number of benzene rings is 1. The SMILES string of the molecule is CCCNc1ncnc(Nc2ccc(F)c(Cl)c2)c1C. The van der Waals surface area contributed by atoms with Gasteiger partial charge in [0.1, 0.15) is 23.8 Å². The van der Waals surface area contributed by atoms with E-state index in [1.165, 1.54) is 18.5 Å². The summed E-state index contributed by atoms with van der Waals surface area (Å²) >= 11 is 5.76. The minimum atomic E-state index is -0.443. The lowest BCUT2D eigenvalue weighted by Gasteiger charge is -2.12. The second-order valence-electron chi connectivity index (χ2n) is 4.38. The van der Waals surface area contributed by atoms with Crippen LogP contribution in [0.1, 0.15) is 18.9 Å². The summed E-state index contributed by atoms with van der Waals surface area (Å²) in [4.78, 5) is 8.40. The van der Waals surface area contributed by atoms with Gasteiger partial charge in [-0.15, -0.1) is 0 Å². The second kappa shape index (κ2) is 6.52. The van der Waals surface area contributed by atoms with Crippen molar-refractivity contribution in [3.8, 4) is 0 Å². The van der Waals surface area contributed by atoms with Crippen LogP contribution in [0.5, 0.6) is 0 Å². The predicted molar refractivity (Wildman–Crippen MR) is 80.2 cm³/mol. The van der Waals surface area contributed by atoms with E-state index in [9.17, 15) is 4.39 Å². The number of hydrogen-bond acceptors (Lipinski definition) is 4. The zero-order valence-corrected chi connectivity index (χ0v) is 12.1. The Morgan fingerprint density at radius 3 is 2.70 bits per heavy atom. The van der Waals surface area contributed by atoms with Gasteiger partial charge in [-0.3, -0.25) is 0 Å². The van der Waals surface area contributed by atoms with Crippen molar-refractivity contribution in [2.45, 2.75) is 20.3 Å². The zero-order valence-electron chi connectivity index (χ0n) is 11.4. The largest absolute Gasteiger partial charge is 0.370 e. The van der Waals surface area contributed by atoms with Crippen LogP contribution in [0.4, 0.5) is 21.7 Å². The lowest BCUT2D eigenvalue weighted by Crippen LogP contribution is -2.06. The third-order valence-electron chi connectivity index (χ3n) is 2.81. The molecule has 6 heteroatoms. The lowest BCUT2D eigenvalue weighted by atomic mass is 10.2. The highest BCUT2D eigenvalue weighted by Gasteiger charge is 2.08. The summed E-state index contributed by atoms with van der Waals surface area (Å²) < 4.78 is 13.1. The van der Waals surface area contributed by atoms with Crippen molar-refractivity contribution < 1.29 is 4.39 Å². The van der Waals surface area contributed by atoms with Crippen LogP contribution >= 0.6 is 11.6 Å². The van der Waals surface area contributed by atoms with Crippen LogP contribution in [0.15, 0.2) is 24.5 Å². The Morgan fingerprint density at radius 1 is 1.25 bits per heavy atom. The summed E-state index contributed by atoms with van der Waals surface area (Å²) in [5.74, 6) is 1.01. The van der Waals surface area contributed by atoms with Crippen molar-refractivity contribution in [2.75, 3.05) is 17.2 Å².